The molecule has 0 aromatic heterocycles. The summed E-state index contributed by atoms with van der Waals surface area (Å²) in [5, 5.41) is 5.96. The maximum absolute atomic E-state index is 11.9. The Morgan fingerprint density at radius 1 is 1.10 bits per heavy atom. The maximum atomic E-state index is 11.9. The summed E-state index contributed by atoms with van der Waals surface area (Å²) >= 11 is 0. The molecule has 0 radical (unpaired) electrons. The van der Waals surface area contributed by atoms with E-state index in [-0.39, 0.29) is 18.6 Å². The molecule has 4 heteroatoms. The van der Waals surface area contributed by atoms with E-state index in [1.807, 2.05) is 68.6 Å². The van der Waals surface area contributed by atoms with Crippen LogP contribution in [0.4, 0.5) is 5.69 Å². The first-order valence-electron chi connectivity index (χ1n) is 6.94. The van der Waals surface area contributed by atoms with Crippen LogP contribution >= 0.6 is 0 Å². The molecule has 0 heterocycles. The predicted molar refractivity (Wildman–Crippen MR) is 84.5 cm³/mol. The minimum absolute atomic E-state index is 0.0116. The molecule has 4 nitrogen and oxygen atoms in total. The van der Waals surface area contributed by atoms with E-state index in [2.05, 4.69) is 10.6 Å². The molecule has 0 aliphatic heterocycles. The van der Waals surface area contributed by atoms with Crippen molar-refractivity contribution in [2.75, 3.05) is 19.0 Å². The van der Waals surface area contributed by atoms with E-state index in [1.165, 1.54) is 0 Å². The second kappa shape index (κ2) is 7.45. The fourth-order valence-corrected chi connectivity index (χ4v) is 1.99. The number of carbonyl (C=O) groups is 1. The van der Waals surface area contributed by atoms with Crippen molar-refractivity contribution in [3.05, 3.63) is 60.2 Å². The van der Waals surface area contributed by atoms with E-state index in [9.17, 15) is 4.79 Å². The van der Waals surface area contributed by atoms with Gasteiger partial charge in [-0.2, -0.15) is 0 Å². The first-order valence-corrected chi connectivity index (χ1v) is 6.94. The summed E-state index contributed by atoms with van der Waals surface area (Å²) in [7, 11) is 1.89. The van der Waals surface area contributed by atoms with Crippen molar-refractivity contribution in [3.8, 4) is 5.75 Å². The van der Waals surface area contributed by atoms with E-state index >= 15 is 0 Å². The molecular weight excluding hydrogens is 264 g/mol. The topological polar surface area (TPSA) is 50.4 Å². The Bertz CT molecular complexity index is 584. The summed E-state index contributed by atoms with van der Waals surface area (Å²) in [6.45, 7) is 2.04. The summed E-state index contributed by atoms with van der Waals surface area (Å²) in [5.41, 5.74) is 1.80. The highest BCUT2D eigenvalue weighted by atomic mass is 16.5. The molecule has 0 bridgehead atoms. The molecule has 0 aliphatic carbocycles. The number of para-hydroxylation sites is 2. The third kappa shape index (κ3) is 4.33. The molecule has 2 aromatic carbocycles. The molecule has 0 saturated heterocycles. The van der Waals surface area contributed by atoms with E-state index in [4.69, 9.17) is 4.74 Å². The fourth-order valence-electron chi connectivity index (χ4n) is 1.99. The Morgan fingerprint density at radius 2 is 1.76 bits per heavy atom. The molecule has 2 aromatic rings. The zero-order valence-electron chi connectivity index (χ0n) is 12.3. The summed E-state index contributed by atoms with van der Waals surface area (Å²) in [4.78, 5) is 11.9. The standard InChI is InChI=1S/C17H20N2O2/c1-13(18-2)15-10-6-7-11-16(15)21-12-17(20)19-14-8-4-3-5-9-14/h3-11,13,18H,12H2,1-2H3,(H,19,20). The summed E-state index contributed by atoms with van der Waals surface area (Å²) < 4.78 is 5.64. The van der Waals surface area contributed by atoms with Gasteiger partial charge in [0.15, 0.2) is 6.61 Å². The quantitative estimate of drug-likeness (QED) is 0.857. The van der Waals surface area contributed by atoms with Crippen LogP contribution < -0.4 is 15.4 Å². The van der Waals surface area contributed by atoms with Gasteiger partial charge < -0.3 is 15.4 Å². The van der Waals surface area contributed by atoms with E-state index in [1.54, 1.807) is 0 Å². The van der Waals surface area contributed by atoms with Crippen LogP contribution in [0.1, 0.15) is 18.5 Å². The lowest BCUT2D eigenvalue weighted by atomic mass is 10.1. The number of nitrogens with one attached hydrogen (secondary N) is 2. The average Bonchev–Trinajstić information content (AvgIpc) is 2.53. The molecule has 0 spiro atoms. The highest BCUT2D eigenvalue weighted by Crippen LogP contribution is 2.24. The highest BCUT2D eigenvalue weighted by molar-refractivity contribution is 5.91. The number of ether oxygens (including phenoxy) is 1. The molecule has 2 N–H and O–H groups in total. The Labute approximate surface area is 125 Å². The van der Waals surface area contributed by atoms with Crippen LogP contribution in [0.15, 0.2) is 54.6 Å². The molecule has 0 saturated carbocycles. The second-order valence-corrected chi connectivity index (χ2v) is 4.75. The first-order chi connectivity index (χ1) is 10.2. The number of hydrogen-bond donors (Lipinski definition) is 2. The third-order valence-corrected chi connectivity index (χ3v) is 3.23. The molecule has 0 aliphatic rings. The Morgan fingerprint density at radius 3 is 2.48 bits per heavy atom. The van der Waals surface area contributed by atoms with Gasteiger partial charge in [0.25, 0.3) is 5.91 Å². The van der Waals surface area contributed by atoms with Crippen molar-refractivity contribution in [2.24, 2.45) is 0 Å². The van der Waals surface area contributed by atoms with Crippen molar-refractivity contribution in [3.63, 3.8) is 0 Å². The lowest BCUT2D eigenvalue weighted by molar-refractivity contribution is -0.118. The fraction of sp³-hybridized carbons (Fsp3) is 0.235. The number of amides is 1. The van der Waals surface area contributed by atoms with Crippen molar-refractivity contribution in [1.29, 1.82) is 0 Å². The predicted octanol–water partition coefficient (Wildman–Crippen LogP) is 2.98. The Balaban J connectivity index is 1.95. The maximum Gasteiger partial charge on any atom is 0.262 e. The van der Waals surface area contributed by atoms with Gasteiger partial charge in [-0.15, -0.1) is 0 Å². The van der Waals surface area contributed by atoms with Crippen LogP contribution in [0.2, 0.25) is 0 Å². The molecule has 21 heavy (non-hydrogen) atoms. The number of anilines is 1. The zero-order chi connectivity index (χ0) is 15.1. The number of carbonyl (C=O) groups excluding carboxylic acids is 1. The van der Waals surface area contributed by atoms with Gasteiger partial charge in [0, 0.05) is 17.3 Å². The van der Waals surface area contributed by atoms with E-state index in [0.717, 1.165) is 17.0 Å². The highest BCUT2D eigenvalue weighted by Gasteiger charge is 2.10. The van der Waals surface area contributed by atoms with Gasteiger partial charge in [0.05, 0.1) is 0 Å². The van der Waals surface area contributed by atoms with Gasteiger partial charge in [-0.05, 0) is 32.2 Å². The van der Waals surface area contributed by atoms with Crippen LogP contribution in [0, 0.1) is 0 Å². The van der Waals surface area contributed by atoms with Crippen LogP contribution in [0.5, 0.6) is 5.75 Å². The largest absolute Gasteiger partial charge is 0.483 e. The lowest BCUT2D eigenvalue weighted by Gasteiger charge is -2.16. The third-order valence-electron chi connectivity index (χ3n) is 3.23. The minimum atomic E-state index is -0.173. The smallest absolute Gasteiger partial charge is 0.262 e. The van der Waals surface area contributed by atoms with Gasteiger partial charge in [0.2, 0.25) is 0 Å². The van der Waals surface area contributed by atoms with Gasteiger partial charge >= 0.3 is 0 Å². The van der Waals surface area contributed by atoms with Crippen LogP contribution in [0.25, 0.3) is 0 Å². The Kier molecular flexibility index (Phi) is 5.35. The summed E-state index contributed by atoms with van der Waals surface area (Å²) in [6, 6.07) is 17.2. The average molecular weight is 284 g/mol. The molecule has 1 amide bonds. The second-order valence-electron chi connectivity index (χ2n) is 4.75. The molecular formula is C17H20N2O2. The molecule has 1 unspecified atom stereocenters. The summed E-state index contributed by atoms with van der Waals surface area (Å²) in [5.74, 6) is 0.552. The zero-order valence-corrected chi connectivity index (χ0v) is 12.3. The van der Waals surface area contributed by atoms with Gasteiger partial charge in [-0.3, -0.25) is 4.79 Å². The van der Waals surface area contributed by atoms with Crippen molar-refractivity contribution in [1.82, 2.24) is 5.32 Å². The lowest BCUT2D eigenvalue weighted by Crippen LogP contribution is -2.21. The number of rotatable bonds is 6. The number of benzene rings is 2. The number of hydrogen-bond acceptors (Lipinski definition) is 3. The van der Waals surface area contributed by atoms with E-state index < -0.39 is 0 Å². The van der Waals surface area contributed by atoms with Crippen LogP contribution in [-0.2, 0) is 4.79 Å². The SMILES string of the molecule is CNC(C)c1ccccc1OCC(=O)Nc1ccccc1. The first kappa shape index (κ1) is 15.1. The van der Waals surface area contributed by atoms with Gasteiger partial charge in [-0.1, -0.05) is 36.4 Å². The molecule has 110 valence electrons. The van der Waals surface area contributed by atoms with Gasteiger partial charge in [0.1, 0.15) is 5.75 Å². The normalized spacial score (nSPS) is 11.7. The summed E-state index contributed by atoms with van der Waals surface area (Å²) in [6.07, 6.45) is 0. The van der Waals surface area contributed by atoms with Crippen LogP contribution in [-0.4, -0.2) is 19.6 Å². The molecule has 1 atom stereocenters. The van der Waals surface area contributed by atoms with Crippen LogP contribution in [0.3, 0.4) is 0 Å². The molecule has 2 rings (SSSR count). The monoisotopic (exact) mass is 284 g/mol. The van der Waals surface area contributed by atoms with Crippen molar-refractivity contribution >= 4 is 11.6 Å². The van der Waals surface area contributed by atoms with E-state index in [0.29, 0.717) is 0 Å². The van der Waals surface area contributed by atoms with Crippen molar-refractivity contribution < 1.29 is 9.53 Å². The Hall–Kier alpha value is -2.33. The minimum Gasteiger partial charge on any atom is -0.483 e. The van der Waals surface area contributed by atoms with Crippen molar-refractivity contribution in [2.45, 2.75) is 13.0 Å². The molecule has 0 fully saturated rings. The van der Waals surface area contributed by atoms with Gasteiger partial charge in [-0.25, -0.2) is 0 Å².